The fourth-order valence-electron chi connectivity index (χ4n) is 7.85. The van der Waals surface area contributed by atoms with Crippen LogP contribution in [0.4, 0.5) is 0 Å². The summed E-state index contributed by atoms with van der Waals surface area (Å²) in [5, 5.41) is 13.1. The molecule has 5 rings (SSSR count). The van der Waals surface area contributed by atoms with Gasteiger partial charge in [-0.15, -0.1) is 0 Å². The van der Waals surface area contributed by atoms with Gasteiger partial charge in [-0.1, -0.05) is 119 Å². The van der Waals surface area contributed by atoms with E-state index in [0.717, 1.165) is 56.8 Å². The summed E-state index contributed by atoms with van der Waals surface area (Å²) in [4.78, 5) is 45.1. The summed E-state index contributed by atoms with van der Waals surface area (Å²) in [6, 6.07) is 31.9. The normalized spacial score (nSPS) is 12.7. The lowest BCUT2D eigenvalue weighted by Crippen LogP contribution is -2.78. The number of amides is 3. The van der Waals surface area contributed by atoms with Crippen molar-refractivity contribution in [1.29, 1.82) is 0 Å². The number of rotatable bonds is 27. The van der Waals surface area contributed by atoms with Crippen molar-refractivity contribution in [2.75, 3.05) is 32.9 Å². The van der Waals surface area contributed by atoms with Crippen LogP contribution >= 0.6 is 0 Å². The largest absolute Gasteiger partial charge is 0.493 e. The fraction of sp³-hybridized carbons (Fsp3) is 0.423. The number of unbranched alkanes of at least 4 members (excludes halogenated alkanes) is 1. The van der Waals surface area contributed by atoms with Gasteiger partial charge in [0.25, 0.3) is 5.91 Å². The van der Waals surface area contributed by atoms with Crippen molar-refractivity contribution in [1.82, 2.24) is 16.0 Å². The number of quaternary nitrogens is 1. The summed E-state index contributed by atoms with van der Waals surface area (Å²) in [7, 11) is 0. The average Bonchev–Trinajstić information content (AvgIpc) is 3.28. The summed E-state index contributed by atoms with van der Waals surface area (Å²) in [6.07, 6.45) is 4.09. The molecule has 0 radical (unpaired) electrons. The topological polar surface area (TPSA) is 209 Å². The third kappa shape index (κ3) is 15.8. The van der Waals surface area contributed by atoms with Crippen molar-refractivity contribution in [2.45, 2.75) is 97.4 Å². The number of carbonyl (C=O) groups is 3. The van der Waals surface area contributed by atoms with E-state index in [1.807, 2.05) is 72.8 Å². The minimum absolute atomic E-state index is 0.0707. The molecule has 0 aromatic heterocycles. The first-order valence-electron chi connectivity index (χ1n) is 23.2. The van der Waals surface area contributed by atoms with Crippen LogP contribution in [0.3, 0.4) is 0 Å². The van der Waals surface area contributed by atoms with E-state index in [-0.39, 0.29) is 30.4 Å². The first-order valence-corrected chi connectivity index (χ1v) is 23.2. The Bertz CT molecular complexity index is 2310. The predicted octanol–water partition coefficient (Wildman–Crippen LogP) is 4.73. The quantitative estimate of drug-likeness (QED) is 0.0222. The number of ether oxygens (including phenoxy) is 3. The van der Waals surface area contributed by atoms with Crippen LogP contribution in [0.15, 0.2) is 103 Å². The van der Waals surface area contributed by atoms with Gasteiger partial charge in [0, 0.05) is 11.1 Å². The van der Waals surface area contributed by atoms with Gasteiger partial charge >= 0.3 is 5.96 Å². The summed E-state index contributed by atoms with van der Waals surface area (Å²) in [5.41, 5.74) is 18.0. The highest BCUT2D eigenvalue weighted by molar-refractivity contribution is 6.10. The molecule has 11 N–H and O–H groups in total. The number of hydrogen-bond donors (Lipinski definition) is 7. The zero-order chi connectivity index (χ0) is 46.6. The summed E-state index contributed by atoms with van der Waals surface area (Å²) in [6.45, 7) is 10.5. The molecule has 0 bridgehead atoms. The molecular formula is C52H71N7O6+2. The minimum atomic E-state index is -0.935. The maximum atomic E-state index is 14.2. The van der Waals surface area contributed by atoms with Crippen LogP contribution in [-0.4, -0.2) is 74.7 Å². The van der Waals surface area contributed by atoms with Crippen LogP contribution in [0.25, 0.3) is 32.7 Å². The van der Waals surface area contributed by atoms with E-state index in [9.17, 15) is 14.4 Å². The standard InChI is InChI=1S/C52H69N7O6/c1-35(2)27-30-64-45-25-23-38-17-8-10-19-41(38)48(45)49-42-20-11-9-18-39(42)24-26-46(49)65-34-47(60)58-43(21-12-13-28-53)51(62)59-44(22-14-29-56-52(54)55)50(61)57-40(31-36(3)4)33-63-32-37-15-6-5-7-16-37/h5-11,15-20,23-26,35-36,40,43-44H,12-14,21-22,27-34,53H2,1-4H3,(H,57,61)(H,58,60)(H,59,62)(H4,54,55,56)/p+2/t40-,43+,44+/m0/s1. The van der Waals surface area contributed by atoms with Gasteiger partial charge in [0.2, 0.25) is 11.8 Å². The molecule has 5 aromatic carbocycles. The zero-order valence-corrected chi connectivity index (χ0v) is 38.7. The van der Waals surface area contributed by atoms with Gasteiger partial charge in [-0.3, -0.25) is 30.8 Å². The van der Waals surface area contributed by atoms with Gasteiger partial charge < -0.3 is 35.9 Å². The Morgan fingerprint density at radius 3 is 1.85 bits per heavy atom. The van der Waals surface area contributed by atoms with E-state index in [4.69, 9.17) is 25.7 Å². The SMILES string of the molecule is CC(C)CCOc1ccc2ccccc2c1-c1c(OCC(=O)N[C@H](CCCC[NH3+])C(=O)N[C@H](CCC[NH+]=C(N)N)C(=O)N[C@H](COCc2ccccc2)CC(C)C)ccc2ccccc12. The van der Waals surface area contributed by atoms with Gasteiger partial charge in [0.15, 0.2) is 6.61 Å². The third-order valence-electron chi connectivity index (χ3n) is 11.2. The van der Waals surface area contributed by atoms with Gasteiger partial charge in [-0.25, -0.2) is 0 Å². The predicted molar refractivity (Wildman–Crippen MR) is 259 cm³/mol. The Labute approximate surface area is 384 Å². The van der Waals surface area contributed by atoms with Crippen LogP contribution in [0.2, 0.25) is 0 Å². The molecule has 13 nitrogen and oxygen atoms in total. The van der Waals surface area contributed by atoms with Crippen molar-refractivity contribution in [3.63, 3.8) is 0 Å². The molecule has 3 amide bonds. The molecule has 348 valence electrons. The number of fused-ring (bicyclic) bond motifs is 2. The smallest absolute Gasteiger partial charge is 0.338 e. The number of carbonyl (C=O) groups excluding carboxylic acids is 3. The summed E-state index contributed by atoms with van der Waals surface area (Å²) >= 11 is 0. The molecule has 65 heavy (non-hydrogen) atoms. The number of nitrogens with two attached hydrogens (primary N) is 2. The average molecular weight is 890 g/mol. The molecule has 0 aliphatic rings. The molecule has 13 heteroatoms. The second-order valence-corrected chi connectivity index (χ2v) is 17.5. The molecule has 0 aliphatic carbocycles. The Hall–Kier alpha value is -6.18. The molecule has 0 spiro atoms. The highest BCUT2D eigenvalue weighted by Gasteiger charge is 2.29. The van der Waals surface area contributed by atoms with Gasteiger partial charge in [0.1, 0.15) is 23.6 Å². The molecule has 3 atom stereocenters. The molecule has 0 aliphatic heterocycles. The maximum Gasteiger partial charge on any atom is 0.338 e. The van der Waals surface area contributed by atoms with Gasteiger partial charge in [-0.05, 0) is 96.0 Å². The molecule has 0 fully saturated rings. The number of nitrogens with one attached hydrogen (secondary N) is 4. The van der Waals surface area contributed by atoms with Gasteiger partial charge in [0.05, 0.1) is 39.0 Å². The first-order chi connectivity index (χ1) is 31.4. The molecule has 0 unspecified atom stereocenters. The highest BCUT2D eigenvalue weighted by atomic mass is 16.5. The van der Waals surface area contributed by atoms with Crippen molar-refractivity contribution in [2.24, 2.45) is 23.3 Å². The Kier molecular flexibility index (Phi) is 19.9. The van der Waals surface area contributed by atoms with Crippen molar-refractivity contribution < 1.29 is 39.3 Å². The third-order valence-corrected chi connectivity index (χ3v) is 11.2. The second kappa shape index (κ2) is 25.9. The second-order valence-electron chi connectivity index (χ2n) is 17.5. The van der Waals surface area contributed by atoms with Crippen LogP contribution in [-0.2, 0) is 25.7 Å². The Morgan fingerprint density at radius 2 is 1.23 bits per heavy atom. The number of guanidine groups is 1. The Morgan fingerprint density at radius 1 is 0.646 bits per heavy atom. The summed E-state index contributed by atoms with van der Waals surface area (Å²) < 4.78 is 19.0. The van der Waals surface area contributed by atoms with E-state index in [1.54, 1.807) is 0 Å². The molecule has 5 aromatic rings. The minimum Gasteiger partial charge on any atom is -0.493 e. The highest BCUT2D eigenvalue weighted by Crippen LogP contribution is 2.45. The van der Waals surface area contributed by atoms with Crippen molar-refractivity contribution in [3.05, 3.63) is 109 Å². The van der Waals surface area contributed by atoms with Crippen molar-refractivity contribution in [3.8, 4) is 22.6 Å². The van der Waals surface area contributed by atoms with E-state index in [1.165, 1.54) is 0 Å². The van der Waals surface area contributed by atoms with Crippen LogP contribution in [0.1, 0.15) is 78.2 Å². The zero-order valence-electron chi connectivity index (χ0n) is 38.7. The lowest BCUT2D eigenvalue weighted by atomic mass is 9.92. The molecule has 0 saturated carbocycles. The first kappa shape index (κ1) is 49.8. The molecule has 0 saturated heterocycles. The fourth-order valence-corrected chi connectivity index (χ4v) is 7.85. The van der Waals surface area contributed by atoms with E-state index >= 15 is 0 Å². The lowest BCUT2D eigenvalue weighted by molar-refractivity contribution is -0.459. The molecule has 0 heterocycles. The lowest BCUT2D eigenvalue weighted by Gasteiger charge is -2.26. The van der Waals surface area contributed by atoms with Crippen LogP contribution in [0, 0.1) is 11.8 Å². The number of benzene rings is 5. The van der Waals surface area contributed by atoms with E-state index in [0.29, 0.717) is 76.7 Å². The summed E-state index contributed by atoms with van der Waals surface area (Å²) in [5.74, 6) is 0.769. The monoisotopic (exact) mass is 890 g/mol. The maximum absolute atomic E-state index is 14.2. The Balaban J connectivity index is 1.36. The van der Waals surface area contributed by atoms with E-state index < -0.39 is 23.9 Å². The van der Waals surface area contributed by atoms with Crippen LogP contribution in [0.5, 0.6) is 11.5 Å². The van der Waals surface area contributed by atoms with Gasteiger partial charge in [-0.2, -0.15) is 0 Å². The van der Waals surface area contributed by atoms with E-state index in [2.05, 4.69) is 84.7 Å². The molecular weight excluding hydrogens is 819 g/mol. The van der Waals surface area contributed by atoms with Crippen LogP contribution < -0.4 is 47.6 Å². The van der Waals surface area contributed by atoms with Crippen molar-refractivity contribution >= 4 is 45.2 Å². The number of hydrogen-bond acceptors (Lipinski definition) is 6.